The van der Waals surface area contributed by atoms with Crippen molar-refractivity contribution < 1.29 is 39.6 Å². The van der Waals surface area contributed by atoms with Gasteiger partial charge in [0.15, 0.2) is 0 Å². The van der Waals surface area contributed by atoms with E-state index in [1.165, 1.54) is 9.80 Å². The van der Waals surface area contributed by atoms with Crippen LogP contribution in [0.1, 0.15) is 25.7 Å². The van der Waals surface area contributed by atoms with E-state index in [-0.39, 0.29) is 12.1 Å². The maximum atomic E-state index is 10.9. The Morgan fingerprint density at radius 1 is 0.667 bits per heavy atom. The van der Waals surface area contributed by atoms with Gasteiger partial charge in [0.05, 0.1) is 26.2 Å². The first-order valence-electron chi connectivity index (χ1n) is 7.54. The van der Waals surface area contributed by atoms with Crippen molar-refractivity contribution in [2.75, 3.05) is 26.2 Å². The van der Waals surface area contributed by atoms with Crippen molar-refractivity contribution in [3.8, 4) is 0 Å². The Morgan fingerprint density at radius 2 is 0.958 bits per heavy atom. The maximum absolute atomic E-state index is 10.9. The predicted molar refractivity (Wildman–Crippen MR) is 79.7 cm³/mol. The van der Waals surface area contributed by atoms with Crippen LogP contribution in [0.4, 0.5) is 0 Å². The molecule has 0 unspecified atom stereocenters. The molecule has 0 aliphatic heterocycles. The lowest BCUT2D eigenvalue weighted by Gasteiger charge is -2.39. The highest BCUT2D eigenvalue weighted by molar-refractivity contribution is 5.73. The molecule has 10 heteroatoms. The van der Waals surface area contributed by atoms with Crippen LogP contribution >= 0.6 is 0 Å². The van der Waals surface area contributed by atoms with Crippen LogP contribution in [-0.4, -0.2) is 92.4 Å². The molecule has 2 atom stereocenters. The van der Waals surface area contributed by atoms with Crippen molar-refractivity contribution in [3.63, 3.8) is 0 Å². The molecule has 1 aliphatic rings. The Morgan fingerprint density at radius 3 is 1.21 bits per heavy atom. The topological polar surface area (TPSA) is 156 Å². The van der Waals surface area contributed by atoms with Crippen LogP contribution in [0.2, 0.25) is 0 Å². The third-order valence-corrected chi connectivity index (χ3v) is 4.01. The van der Waals surface area contributed by atoms with Crippen LogP contribution in [0.25, 0.3) is 0 Å². The van der Waals surface area contributed by atoms with E-state index in [0.717, 1.165) is 0 Å². The first kappa shape index (κ1) is 19.8. The Hall–Kier alpha value is -2.20. The van der Waals surface area contributed by atoms with Gasteiger partial charge < -0.3 is 20.4 Å². The minimum absolute atomic E-state index is 0.334. The first-order chi connectivity index (χ1) is 11.2. The van der Waals surface area contributed by atoms with Crippen LogP contribution in [0.3, 0.4) is 0 Å². The van der Waals surface area contributed by atoms with E-state index >= 15 is 0 Å². The first-order valence-corrected chi connectivity index (χ1v) is 7.54. The monoisotopic (exact) mass is 346 g/mol. The zero-order valence-corrected chi connectivity index (χ0v) is 13.1. The van der Waals surface area contributed by atoms with E-state index in [9.17, 15) is 19.2 Å². The van der Waals surface area contributed by atoms with Crippen molar-refractivity contribution in [3.05, 3.63) is 0 Å². The minimum atomic E-state index is -1.15. The fourth-order valence-electron chi connectivity index (χ4n) is 3.13. The van der Waals surface area contributed by atoms with Gasteiger partial charge in [-0.3, -0.25) is 29.0 Å². The number of carbonyl (C=O) groups is 4. The smallest absolute Gasteiger partial charge is 0.317 e. The van der Waals surface area contributed by atoms with Gasteiger partial charge in [-0.1, -0.05) is 6.42 Å². The van der Waals surface area contributed by atoms with E-state index in [4.69, 9.17) is 20.4 Å². The number of rotatable bonds is 10. The minimum Gasteiger partial charge on any atom is -0.480 e. The average molecular weight is 346 g/mol. The molecule has 0 bridgehead atoms. The van der Waals surface area contributed by atoms with Crippen molar-refractivity contribution in [2.24, 2.45) is 0 Å². The molecule has 24 heavy (non-hydrogen) atoms. The zero-order chi connectivity index (χ0) is 18.3. The van der Waals surface area contributed by atoms with Gasteiger partial charge in [-0.2, -0.15) is 0 Å². The van der Waals surface area contributed by atoms with Crippen LogP contribution in [0, 0.1) is 0 Å². The molecule has 0 amide bonds. The summed E-state index contributed by atoms with van der Waals surface area (Å²) in [6, 6.07) is -0.693. The van der Waals surface area contributed by atoms with E-state index in [1.807, 2.05) is 0 Å². The number of aliphatic carboxylic acids is 4. The normalized spacial score (nSPS) is 20.9. The third-order valence-electron chi connectivity index (χ3n) is 4.01. The van der Waals surface area contributed by atoms with E-state index in [2.05, 4.69) is 0 Å². The van der Waals surface area contributed by atoms with Gasteiger partial charge in [-0.15, -0.1) is 0 Å². The van der Waals surface area contributed by atoms with Gasteiger partial charge in [0.1, 0.15) is 0 Å². The number of hydrogen-bond acceptors (Lipinski definition) is 6. The van der Waals surface area contributed by atoms with Crippen LogP contribution in [0.15, 0.2) is 0 Å². The highest BCUT2D eigenvalue weighted by atomic mass is 16.4. The molecular weight excluding hydrogens is 324 g/mol. The molecule has 0 aromatic carbocycles. The third kappa shape index (κ3) is 6.92. The van der Waals surface area contributed by atoms with Crippen LogP contribution in [0.5, 0.6) is 0 Å². The van der Waals surface area contributed by atoms with E-state index < -0.39 is 50.1 Å². The summed E-state index contributed by atoms with van der Waals surface area (Å²) >= 11 is 0. The van der Waals surface area contributed by atoms with Crippen molar-refractivity contribution in [2.45, 2.75) is 37.8 Å². The molecule has 0 radical (unpaired) electrons. The Bertz CT molecular complexity index is 421. The van der Waals surface area contributed by atoms with Crippen molar-refractivity contribution in [1.29, 1.82) is 0 Å². The van der Waals surface area contributed by atoms with Gasteiger partial charge in [0.2, 0.25) is 0 Å². The number of nitrogens with zero attached hydrogens (tertiary/aromatic N) is 2. The largest absolute Gasteiger partial charge is 0.480 e. The van der Waals surface area contributed by atoms with Gasteiger partial charge in [-0.05, 0) is 19.3 Å². The summed E-state index contributed by atoms with van der Waals surface area (Å²) in [5, 5.41) is 35.8. The summed E-state index contributed by atoms with van der Waals surface area (Å²) in [5.41, 5.74) is 0. The summed E-state index contributed by atoms with van der Waals surface area (Å²) in [4.78, 5) is 46.4. The molecule has 1 aliphatic carbocycles. The number of carboxylic acid groups (broad SMARTS) is 4. The fraction of sp³-hybridized carbons (Fsp3) is 0.714. The summed E-state index contributed by atoms with van der Waals surface area (Å²) in [5.74, 6) is -4.59. The van der Waals surface area contributed by atoms with Gasteiger partial charge in [0, 0.05) is 12.1 Å². The molecule has 1 saturated carbocycles. The standard InChI is InChI=1S/C14H22N2O8/c17-11(18)5-15(6-12(19)20)9-2-1-3-10(4-9)16(7-13(21)22)8-14(23)24/h9-10H,1-8H2,(H,17,18)(H,19,20)(H,21,22)(H,23,24)/t9-,10-/m1/s1. The molecule has 10 nitrogen and oxygen atoms in total. The summed E-state index contributed by atoms with van der Waals surface area (Å²) in [6.07, 6.45) is 2.15. The average Bonchev–Trinajstić information content (AvgIpc) is 2.44. The van der Waals surface area contributed by atoms with Gasteiger partial charge in [0.25, 0.3) is 0 Å². The van der Waals surface area contributed by atoms with E-state index in [1.54, 1.807) is 0 Å². The summed E-state index contributed by atoms with van der Waals surface area (Å²) in [6.45, 7) is -1.72. The molecule has 0 aromatic heterocycles. The molecule has 4 N–H and O–H groups in total. The quantitative estimate of drug-likeness (QED) is 0.396. The second kappa shape index (κ2) is 9.18. The maximum Gasteiger partial charge on any atom is 0.317 e. The Balaban J connectivity index is 2.83. The molecule has 1 rings (SSSR count). The molecule has 0 spiro atoms. The molecular formula is C14H22N2O8. The predicted octanol–water partition coefficient (Wildman–Crippen LogP) is -0.760. The molecule has 136 valence electrons. The van der Waals surface area contributed by atoms with E-state index in [0.29, 0.717) is 25.7 Å². The fourth-order valence-corrected chi connectivity index (χ4v) is 3.13. The Kier molecular flexibility index (Phi) is 7.59. The molecule has 0 aromatic rings. The highest BCUT2D eigenvalue weighted by Gasteiger charge is 2.33. The lowest BCUT2D eigenvalue weighted by molar-refractivity contribution is -0.143. The van der Waals surface area contributed by atoms with Crippen molar-refractivity contribution in [1.82, 2.24) is 9.80 Å². The Labute approximate surface area is 138 Å². The van der Waals surface area contributed by atoms with Crippen LogP contribution in [-0.2, 0) is 19.2 Å². The molecule has 0 heterocycles. The number of carboxylic acids is 4. The summed E-state index contributed by atoms with van der Waals surface area (Å²) < 4.78 is 0. The van der Waals surface area contributed by atoms with Gasteiger partial charge in [-0.25, -0.2) is 0 Å². The number of hydrogen-bond donors (Lipinski definition) is 4. The molecule has 0 saturated heterocycles. The van der Waals surface area contributed by atoms with Crippen molar-refractivity contribution >= 4 is 23.9 Å². The SMILES string of the molecule is O=C(O)CN(CC(=O)O)[C@@H]1CCC[C@@H](N(CC(=O)O)CC(=O)O)C1. The zero-order valence-electron chi connectivity index (χ0n) is 13.1. The summed E-state index contributed by atoms with van der Waals surface area (Å²) in [7, 11) is 0. The highest BCUT2D eigenvalue weighted by Crippen LogP contribution is 2.26. The lowest BCUT2D eigenvalue weighted by Crippen LogP contribution is -2.50. The second-order valence-electron chi connectivity index (χ2n) is 5.86. The lowest BCUT2D eigenvalue weighted by atomic mass is 9.88. The molecule has 1 fully saturated rings. The van der Waals surface area contributed by atoms with Gasteiger partial charge >= 0.3 is 23.9 Å². The second-order valence-corrected chi connectivity index (χ2v) is 5.86. The van der Waals surface area contributed by atoms with Crippen LogP contribution < -0.4 is 0 Å².